The Labute approximate surface area is 245 Å². The number of pyridine rings is 2. The van der Waals surface area contributed by atoms with Crippen molar-refractivity contribution in [2.45, 2.75) is 31.6 Å². The predicted octanol–water partition coefficient (Wildman–Crippen LogP) is 6.62. The number of carboxylic acids is 1. The zero-order valence-electron chi connectivity index (χ0n) is 22.8. The second-order valence-electron chi connectivity index (χ2n) is 10.0. The number of alkyl halides is 3. The van der Waals surface area contributed by atoms with E-state index < -0.39 is 12.1 Å². The van der Waals surface area contributed by atoms with Crippen LogP contribution in [0.25, 0.3) is 44.5 Å². The number of nitrogens with one attached hydrogen (secondary N) is 1. The van der Waals surface area contributed by atoms with Crippen molar-refractivity contribution < 1.29 is 27.9 Å². The molecule has 1 aliphatic carbocycles. The van der Waals surface area contributed by atoms with Crippen LogP contribution in [-0.4, -0.2) is 39.2 Å². The summed E-state index contributed by atoms with van der Waals surface area (Å²) in [5.74, 6) is -2.78. The van der Waals surface area contributed by atoms with Crippen LogP contribution in [0.4, 0.5) is 13.2 Å². The SMILES string of the molecule is NCc1ccc(-c2nc3ccnc(-c4ccc(C(=O)NC5CC5)cc4)c3cc2-c2ccccc2)cc1.O=C(O)C(F)(F)F. The van der Waals surface area contributed by atoms with Gasteiger partial charge in [0.2, 0.25) is 0 Å². The number of carbonyl (C=O) groups excluding carboxylic acids is 1. The molecule has 2 heterocycles. The highest BCUT2D eigenvalue weighted by Gasteiger charge is 2.38. The van der Waals surface area contributed by atoms with E-state index in [9.17, 15) is 18.0 Å². The van der Waals surface area contributed by atoms with E-state index in [2.05, 4.69) is 47.8 Å². The molecule has 43 heavy (non-hydrogen) atoms. The summed E-state index contributed by atoms with van der Waals surface area (Å²) in [7, 11) is 0. The highest BCUT2D eigenvalue weighted by molar-refractivity contribution is 5.99. The molecule has 1 fully saturated rings. The molecule has 5 aromatic rings. The van der Waals surface area contributed by atoms with Crippen molar-refractivity contribution in [2.75, 3.05) is 0 Å². The first kappa shape index (κ1) is 29.4. The molecule has 1 aliphatic rings. The molecule has 3 aromatic carbocycles. The summed E-state index contributed by atoms with van der Waals surface area (Å²) in [6.45, 7) is 0.507. The number of halogens is 3. The molecule has 1 amide bonds. The Kier molecular flexibility index (Phi) is 8.49. The van der Waals surface area contributed by atoms with Gasteiger partial charge >= 0.3 is 12.1 Å². The number of aromatic nitrogens is 2. The van der Waals surface area contributed by atoms with Gasteiger partial charge in [-0.05, 0) is 48.2 Å². The Morgan fingerprint density at radius 1 is 0.860 bits per heavy atom. The number of rotatable bonds is 6. The van der Waals surface area contributed by atoms with Crippen LogP contribution in [-0.2, 0) is 11.3 Å². The van der Waals surface area contributed by atoms with Crippen LogP contribution < -0.4 is 11.1 Å². The highest BCUT2D eigenvalue weighted by atomic mass is 19.4. The molecule has 2 aromatic heterocycles. The van der Waals surface area contributed by atoms with Gasteiger partial charge < -0.3 is 16.2 Å². The average Bonchev–Trinajstić information content (AvgIpc) is 3.84. The number of aliphatic carboxylic acids is 1. The maximum absolute atomic E-state index is 12.4. The van der Waals surface area contributed by atoms with Crippen molar-refractivity contribution >= 4 is 22.8 Å². The van der Waals surface area contributed by atoms with E-state index >= 15 is 0 Å². The van der Waals surface area contributed by atoms with Crippen LogP contribution in [0.5, 0.6) is 0 Å². The van der Waals surface area contributed by atoms with Crippen molar-refractivity contribution in [3.05, 3.63) is 108 Å². The molecule has 0 radical (unpaired) electrons. The van der Waals surface area contributed by atoms with Crippen molar-refractivity contribution in [3.63, 3.8) is 0 Å². The maximum Gasteiger partial charge on any atom is 0.490 e. The fourth-order valence-electron chi connectivity index (χ4n) is 4.46. The monoisotopic (exact) mass is 584 g/mol. The van der Waals surface area contributed by atoms with Gasteiger partial charge in [-0.3, -0.25) is 9.78 Å². The maximum atomic E-state index is 12.4. The predicted molar refractivity (Wildman–Crippen MR) is 158 cm³/mol. The third kappa shape index (κ3) is 7.04. The third-order valence-corrected chi connectivity index (χ3v) is 6.87. The minimum atomic E-state index is -5.08. The summed E-state index contributed by atoms with van der Waals surface area (Å²) < 4.78 is 31.7. The fraction of sp³-hybridized carbons (Fsp3) is 0.152. The van der Waals surface area contributed by atoms with Crippen molar-refractivity contribution in [2.24, 2.45) is 5.73 Å². The van der Waals surface area contributed by atoms with E-state index in [1.54, 1.807) is 6.20 Å². The van der Waals surface area contributed by atoms with Gasteiger partial charge in [-0.2, -0.15) is 13.2 Å². The van der Waals surface area contributed by atoms with E-state index in [0.717, 1.165) is 62.9 Å². The first-order valence-electron chi connectivity index (χ1n) is 13.5. The zero-order valence-corrected chi connectivity index (χ0v) is 22.8. The first-order chi connectivity index (χ1) is 20.6. The van der Waals surface area contributed by atoms with Gasteiger partial charge in [-0.1, -0.05) is 66.7 Å². The van der Waals surface area contributed by atoms with Crippen LogP contribution in [0.3, 0.4) is 0 Å². The molecule has 10 heteroatoms. The molecule has 6 rings (SSSR count). The Hall–Kier alpha value is -5.09. The molecule has 0 atom stereocenters. The lowest BCUT2D eigenvalue weighted by atomic mass is 9.95. The summed E-state index contributed by atoms with van der Waals surface area (Å²) in [5, 5.41) is 11.1. The average molecular weight is 585 g/mol. The van der Waals surface area contributed by atoms with Crippen molar-refractivity contribution in [3.8, 4) is 33.6 Å². The number of amides is 1. The summed E-state index contributed by atoms with van der Waals surface area (Å²) >= 11 is 0. The zero-order chi connectivity index (χ0) is 30.6. The second kappa shape index (κ2) is 12.4. The standard InChI is InChI=1S/C31H26N4O.C2HF3O2/c32-19-20-6-8-23(9-7-20)30-26(21-4-2-1-3-5-21)18-27-28(35-30)16-17-33-29(27)22-10-12-24(13-11-22)31(36)34-25-14-15-25;3-2(4,5)1(6)7/h1-13,16-18,25H,14-15,19,32H2,(H,34,36);(H,6,7). The summed E-state index contributed by atoms with van der Waals surface area (Å²) in [6, 6.07) is 30.7. The van der Waals surface area contributed by atoms with Crippen LogP contribution in [0.2, 0.25) is 0 Å². The van der Waals surface area contributed by atoms with E-state index in [-0.39, 0.29) is 5.91 Å². The number of fused-ring (bicyclic) bond motifs is 1. The number of carbonyl (C=O) groups is 2. The van der Waals surface area contributed by atoms with Crippen LogP contribution in [0, 0.1) is 0 Å². The van der Waals surface area contributed by atoms with Gasteiger partial charge in [-0.25, -0.2) is 9.78 Å². The molecule has 0 saturated heterocycles. The van der Waals surface area contributed by atoms with Gasteiger partial charge in [0.25, 0.3) is 5.91 Å². The summed E-state index contributed by atoms with van der Waals surface area (Å²) in [4.78, 5) is 31.2. The summed E-state index contributed by atoms with van der Waals surface area (Å²) in [5.41, 5.74) is 14.3. The van der Waals surface area contributed by atoms with E-state index in [1.807, 2.05) is 48.5 Å². The van der Waals surface area contributed by atoms with Gasteiger partial charge in [0.05, 0.1) is 16.9 Å². The summed E-state index contributed by atoms with van der Waals surface area (Å²) in [6.07, 6.45) is -1.15. The number of hydrogen-bond donors (Lipinski definition) is 3. The topological polar surface area (TPSA) is 118 Å². The van der Waals surface area contributed by atoms with Crippen LogP contribution in [0.1, 0.15) is 28.8 Å². The third-order valence-electron chi connectivity index (χ3n) is 6.87. The van der Waals surface area contributed by atoms with E-state index in [4.69, 9.17) is 25.6 Å². The Bertz CT molecular complexity index is 1750. The molecule has 7 nitrogen and oxygen atoms in total. The number of nitrogens with two attached hydrogens (primary N) is 1. The molecular weight excluding hydrogens is 557 g/mol. The number of hydrogen-bond acceptors (Lipinski definition) is 5. The number of benzene rings is 3. The molecule has 0 spiro atoms. The second-order valence-corrected chi connectivity index (χ2v) is 10.0. The minimum absolute atomic E-state index is 0.0201. The lowest BCUT2D eigenvalue weighted by Gasteiger charge is -2.14. The minimum Gasteiger partial charge on any atom is -0.475 e. The van der Waals surface area contributed by atoms with Gasteiger partial charge in [0.15, 0.2) is 0 Å². The Balaban J connectivity index is 0.000000472. The van der Waals surface area contributed by atoms with Crippen molar-refractivity contribution in [1.82, 2.24) is 15.3 Å². The van der Waals surface area contributed by atoms with Crippen LogP contribution in [0.15, 0.2) is 97.2 Å². The Morgan fingerprint density at radius 2 is 1.47 bits per heavy atom. The lowest BCUT2D eigenvalue weighted by Crippen LogP contribution is -2.25. The Morgan fingerprint density at radius 3 is 2.05 bits per heavy atom. The quantitative estimate of drug-likeness (QED) is 0.207. The normalized spacial score (nSPS) is 12.7. The van der Waals surface area contributed by atoms with E-state index in [1.165, 1.54) is 0 Å². The first-order valence-corrected chi connectivity index (χ1v) is 13.5. The molecule has 1 saturated carbocycles. The molecular formula is C33H27F3N4O3. The molecule has 0 bridgehead atoms. The largest absolute Gasteiger partial charge is 0.490 e. The highest BCUT2D eigenvalue weighted by Crippen LogP contribution is 2.36. The van der Waals surface area contributed by atoms with Crippen molar-refractivity contribution in [1.29, 1.82) is 0 Å². The van der Waals surface area contributed by atoms with Gasteiger partial charge in [0.1, 0.15) is 0 Å². The number of carboxylic acid groups (broad SMARTS) is 1. The molecule has 4 N–H and O–H groups in total. The van der Waals surface area contributed by atoms with Gasteiger partial charge in [-0.15, -0.1) is 0 Å². The molecule has 0 aliphatic heterocycles. The molecule has 218 valence electrons. The fourth-order valence-corrected chi connectivity index (χ4v) is 4.46. The smallest absolute Gasteiger partial charge is 0.475 e. The van der Waals surface area contributed by atoms with E-state index in [0.29, 0.717) is 18.2 Å². The molecule has 0 unspecified atom stereocenters. The number of nitrogens with zero attached hydrogens (tertiary/aromatic N) is 2. The van der Waals surface area contributed by atoms with Crippen LogP contribution >= 0.6 is 0 Å². The lowest BCUT2D eigenvalue weighted by molar-refractivity contribution is -0.192. The van der Waals surface area contributed by atoms with Gasteiger partial charge in [0, 0.05) is 46.4 Å².